The molecule has 0 aliphatic carbocycles. The van der Waals surface area contributed by atoms with E-state index in [-0.39, 0.29) is 25.0 Å². The molecule has 0 aliphatic rings. The number of likely N-dealkylation sites (N-methyl/N-ethyl adjacent to an activating group) is 1. The zero-order valence-corrected chi connectivity index (χ0v) is 8.91. The van der Waals surface area contributed by atoms with E-state index >= 15 is 0 Å². The summed E-state index contributed by atoms with van der Waals surface area (Å²) in [6.07, 6.45) is 0. The van der Waals surface area contributed by atoms with E-state index in [1.165, 1.54) is 0 Å². The minimum atomic E-state index is -0.913. The molecule has 0 aliphatic heterocycles. The van der Waals surface area contributed by atoms with Crippen molar-refractivity contribution in [3.8, 4) is 0 Å². The van der Waals surface area contributed by atoms with Gasteiger partial charge in [0.2, 0.25) is 5.91 Å². The van der Waals surface area contributed by atoms with E-state index in [1.807, 2.05) is 20.8 Å². The molecule has 0 aromatic carbocycles. The number of rotatable bonds is 6. The van der Waals surface area contributed by atoms with E-state index in [0.717, 1.165) is 0 Å². The number of amides is 1. The SMILES string of the molecule is CCN(CC(=O)O)CC(=O)NC(C)C. The van der Waals surface area contributed by atoms with Crippen molar-refractivity contribution in [2.45, 2.75) is 26.8 Å². The normalized spacial score (nSPS) is 10.6. The molecule has 0 aromatic rings. The molecule has 0 bridgehead atoms. The summed E-state index contributed by atoms with van der Waals surface area (Å²) in [5, 5.41) is 11.2. The Bertz CT molecular complexity index is 204. The number of carbonyl (C=O) groups is 2. The number of nitrogens with one attached hydrogen (secondary N) is 1. The van der Waals surface area contributed by atoms with Gasteiger partial charge in [-0.3, -0.25) is 14.5 Å². The smallest absolute Gasteiger partial charge is 0.317 e. The second-order valence-corrected chi connectivity index (χ2v) is 3.42. The van der Waals surface area contributed by atoms with E-state index in [9.17, 15) is 9.59 Å². The maximum atomic E-state index is 11.3. The van der Waals surface area contributed by atoms with Crippen LogP contribution in [0.2, 0.25) is 0 Å². The topological polar surface area (TPSA) is 69.6 Å². The summed E-state index contributed by atoms with van der Waals surface area (Å²) in [5.41, 5.74) is 0. The second-order valence-electron chi connectivity index (χ2n) is 3.42. The Hall–Kier alpha value is -1.10. The highest BCUT2D eigenvalue weighted by atomic mass is 16.4. The van der Waals surface area contributed by atoms with Gasteiger partial charge in [-0.1, -0.05) is 6.92 Å². The fourth-order valence-corrected chi connectivity index (χ4v) is 1.04. The molecule has 0 radical (unpaired) electrons. The average molecular weight is 202 g/mol. The molecule has 82 valence electrons. The molecule has 5 nitrogen and oxygen atoms in total. The van der Waals surface area contributed by atoms with Crippen molar-refractivity contribution >= 4 is 11.9 Å². The van der Waals surface area contributed by atoms with Crippen molar-refractivity contribution in [1.29, 1.82) is 0 Å². The lowest BCUT2D eigenvalue weighted by atomic mass is 10.3. The second kappa shape index (κ2) is 6.37. The van der Waals surface area contributed by atoms with Gasteiger partial charge in [0.15, 0.2) is 0 Å². The van der Waals surface area contributed by atoms with E-state index < -0.39 is 5.97 Å². The van der Waals surface area contributed by atoms with Gasteiger partial charge in [0.25, 0.3) is 0 Å². The van der Waals surface area contributed by atoms with Crippen LogP contribution in [0.25, 0.3) is 0 Å². The summed E-state index contributed by atoms with van der Waals surface area (Å²) in [4.78, 5) is 23.2. The molecule has 5 heteroatoms. The Morgan fingerprint density at radius 1 is 1.36 bits per heavy atom. The lowest BCUT2D eigenvalue weighted by Gasteiger charge is -2.18. The van der Waals surface area contributed by atoms with Crippen LogP contribution in [-0.2, 0) is 9.59 Å². The molecule has 0 saturated heterocycles. The molecule has 0 aromatic heterocycles. The number of nitrogens with zero attached hydrogens (tertiary/aromatic N) is 1. The van der Waals surface area contributed by atoms with Gasteiger partial charge in [0, 0.05) is 6.04 Å². The molecular weight excluding hydrogens is 184 g/mol. The van der Waals surface area contributed by atoms with Crippen molar-refractivity contribution in [2.75, 3.05) is 19.6 Å². The predicted molar refractivity (Wildman–Crippen MR) is 53.0 cm³/mol. The highest BCUT2D eigenvalue weighted by molar-refractivity contribution is 5.79. The largest absolute Gasteiger partial charge is 0.480 e. The number of hydrogen-bond donors (Lipinski definition) is 2. The predicted octanol–water partition coefficient (Wildman–Crippen LogP) is -0.0825. The Kier molecular flexibility index (Phi) is 5.87. The Labute approximate surface area is 84.1 Å². The van der Waals surface area contributed by atoms with Crippen LogP contribution in [0.15, 0.2) is 0 Å². The molecule has 0 spiro atoms. The molecule has 0 heterocycles. The highest BCUT2D eigenvalue weighted by Crippen LogP contribution is 1.88. The minimum absolute atomic E-state index is 0.0889. The summed E-state index contributed by atoms with van der Waals surface area (Å²) in [6, 6.07) is 0.0889. The van der Waals surface area contributed by atoms with E-state index in [0.29, 0.717) is 6.54 Å². The molecular formula is C9H18N2O3. The summed E-state index contributed by atoms with van der Waals surface area (Å²) >= 11 is 0. The molecule has 14 heavy (non-hydrogen) atoms. The minimum Gasteiger partial charge on any atom is -0.480 e. The van der Waals surface area contributed by atoms with Gasteiger partial charge in [-0.05, 0) is 20.4 Å². The van der Waals surface area contributed by atoms with Crippen LogP contribution in [0, 0.1) is 0 Å². The molecule has 0 fully saturated rings. The van der Waals surface area contributed by atoms with Crippen molar-refractivity contribution in [3.05, 3.63) is 0 Å². The fourth-order valence-electron chi connectivity index (χ4n) is 1.04. The number of aliphatic carboxylic acids is 1. The van der Waals surface area contributed by atoms with Crippen LogP contribution in [0.1, 0.15) is 20.8 Å². The van der Waals surface area contributed by atoms with Crippen molar-refractivity contribution in [2.24, 2.45) is 0 Å². The van der Waals surface area contributed by atoms with E-state index in [4.69, 9.17) is 5.11 Å². The van der Waals surface area contributed by atoms with Gasteiger partial charge < -0.3 is 10.4 Å². The Morgan fingerprint density at radius 2 is 1.93 bits per heavy atom. The van der Waals surface area contributed by atoms with E-state index in [1.54, 1.807) is 4.90 Å². The standard InChI is InChI=1S/C9H18N2O3/c1-4-11(6-9(13)14)5-8(12)10-7(2)3/h7H,4-6H2,1-3H3,(H,10,12)(H,13,14). The van der Waals surface area contributed by atoms with Crippen LogP contribution in [0.4, 0.5) is 0 Å². The van der Waals surface area contributed by atoms with Crippen LogP contribution in [0.3, 0.4) is 0 Å². The van der Waals surface area contributed by atoms with Crippen LogP contribution in [-0.4, -0.2) is 47.6 Å². The third-order valence-corrected chi connectivity index (χ3v) is 1.62. The third-order valence-electron chi connectivity index (χ3n) is 1.62. The number of carboxylic acid groups (broad SMARTS) is 1. The molecule has 2 N–H and O–H groups in total. The van der Waals surface area contributed by atoms with E-state index in [2.05, 4.69) is 5.32 Å². The molecule has 0 rings (SSSR count). The van der Waals surface area contributed by atoms with Crippen LogP contribution in [0.5, 0.6) is 0 Å². The highest BCUT2D eigenvalue weighted by Gasteiger charge is 2.12. The Balaban J connectivity index is 3.92. The molecule has 1 amide bonds. The zero-order valence-electron chi connectivity index (χ0n) is 8.91. The lowest BCUT2D eigenvalue weighted by molar-refractivity contribution is -0.138. The number of carboxylic acids is 1. The fraction of sp³-hybridized carbons (Fsp3) is 0.778. The van der Waals surface area contributed by atoms with Gasteiger partial charge in [-0.25, -0.2) is 0 Å². The average Bonchev–Trinajstić information content (AvgIpc) is 2.00. The van der Waals surface area contributed by atoms with Crippen molar-refractivity contribution in [1.82, 2.24) is 10.2 Å². The monoisotopic (exact) mass is 202 g/mol. The van der Waals surface area contributed by atoms with Gasteiger partial charge in [-0.2, -0.15) is 0 Å². The first-order valence-electron chi connectivity index (χ1n) is 4.69. The van der Waals surface area contributed by atoms with Crippen molar-refractivity contribution in [3.63, 3.8) is 0 Å². The first-order chi connectivity index (χ1) is 6.45. The zero-order chi connectivity index (χ0) is 11.1. The maximum Gasteiger partial charge on any atom is 0.317 e. The molecule has 0 atom stereocenters. The van der Waals surface area contributed by atoms with Gasteiger partial charge in [-0.15, -0.1) is 0 Å². The quantitative estimate of drug-likeness (QED) is 0.632. The van der Waals surface area contributed by atoms with Crippen LogP contribution >= 0.6 is 0 Å². The van der Waals surface area contributed by atoms with Crippen LogP contribution < -0.4 is 5.32 Å². The third kappa shape index (κ3) is 6.42. The summed E-state index contributed by atoms with van der Waals surface area (Å²) < 4.78 is 0. The first kappa shape index (κ1) is 12.9. The molecule has 0 saturated carbocycles. The van der Waals surface area contributed by atoms with Crippen molar-refractivity contribution < 1.29 is 14.7 Å². The number of hydrogen-bond acceptors (Lipinski definition) is 3. The maximum absolute atomic E-state index is 11.3. The lowest BCUT2D eigenvalue weighted by Crippen LogP contribution is -2.41. The molecule has 0 unspecified atom stereocenters. The Morgan fingerprint density at radius 3 is 2.29 bits per heavy atom. The van der Waals surface area contributed by atoms with Gasteiger partial charge in [0.1, 0.15) is 0 Å². The number of carbonyl (C=O) groups excluding carboxylic acids is 1. The summed E-state index contributed by atoms with van der Waals surface area (Å²) in [6.45, 7) is 6.16. The van der Waals surface area contributed by atoms with Gasteiger partial charge in [0.05, 0.1) is 13.1 Å². The summed E-state index contributed by atoms with van der Waals surface area (Å²) in [7, 11) is 0. The first-order valence-corrected chi connectivity index (χ1v) is 4.69. The van der Waals surface area contributed by atoms with Gasteiger partial charge >= 0.3 is 5.97 Å². The summed E-state index contributed by atoms with van der Waals surface area (Å²) in [5.74, 6) is -1.05.